The Labute approximate surface area is 557 Å². The Morgan fingerprint density at radius 3 is 1.22 bits per heavy atom. The zero-order chi connectivity index (χ0) is 65.6. The van der Waals surface area contributed by atoms with E-state index < -0.39 is 56.8 Å². The lowest BCUT2D eigenvalue weighted by molar-refractivity contribution is -0.385. The molecule has 6 aromatic rings. The highest BCUT2D eigenvalue weighted by Crippen LogP contribution is 2.43. The Kier molecular flexibility index (Phi) is 26.1. The van der Waals surface area contributed by atoms with Gasteiger partial charge in [-0.15, -0.1) is 0 Å². The molecule has 2 fully saturated rings. The van der Waals surface area contributed by atoms with Crippen molar-refractivity contribution in [3.8, 4) is 0 Å². The highest BCUT2D eigenvalue weighted by atomic mass is 32.1. The van der Waals surface area contributed by atoms with E-state index in [9.17, 15) is 49.6 Å². The van der Waals surface area contributed by atoms with Crippen LogP contribution in [0.2, 0.25) is 0 Å². The fourth-order valence-corrected chi connectivity index (χ4v) is 12.8. The molecule has 0 bridgehead atoms. The first-order valence-corrected chi connectivity index (χ1v) is 30.4. The molecule has 0 saturated carbocycles. The molecule has 4 aliphatic rings. The molecule has 0 radical (unpaired) electrons. The summed E-state index contributed by atoms with van der Waals surface area (Å²) in [7, 11) is 2.46. The number of ether oxygens (including phenoxy) is 3. The molecule has 93 heavy (non-hydrogen) atoms. The van der Waals surface area contributed by atoms with Crippen LogP contribution in [0.3, 0.4) is 0 Å². The molecular formula is C72H84N6O13S2. The average Bonchev–Trinajstić information content (AvgIpc) is 1.08. The molecule has 21 heteroatoms. The quantitative estimate of drug-likeness (QED) is 0.0254. The third kappa shape index (κ3) is 18.5. The van der Waals surface area contributed by atoms with Crippen LogP contribution < -0.4 is 10.6 Å². The van der Waals surface area contributed by atoms with E-state index in [4.69, 9.17) is 14.2 Å². The first-order valence-electron chi connectivity index (χ1n) is 30.4. The summed E-state index contributed by atoms with van der Waals surface area (Å²) >= 11 is 0. The number of nitrogens with one attached hydrogen (secondary N) is 2. The molecule has 10 rings (SSSR count). The lowest BCUT2D eigenvalue weighted by Crippen LogP contribution is -2.39. The number of hydrogen-bond donors (Lipinski definition) is 4. The molecular weight excluding hydrogens is 1220 g/mol. The third-order valence-corrected chi connectivity index (χ3v) is 17.3. The topological polar surface area (TPSA) is 253 Å². The highest BCUT2D eigenvalue weighted by molar-refractivity contribution is 7.59. The predicted octanol–water partition coefficient (Wildman–Crippen LogP) is 12.2. The molecule has 4 aliphatic heterocycles. The van der Waals surface area contributed by atoms with Crippen LogP contribution in [0.1, 0.15) is 124 Å². The van der Waals surface area contributed by atoms with Gasteiger partial charge in [-0.3, -0.25) is 25.1 Å². The minimum atomic E-state index is -1.22. The normalized spacial score (nSPS) is 19.6. The number of carboxylic acids is 1. The Morgan fingerprint density at radius 2 is 0.871 bits per heavy atom. The van der Waals surface area contributed by atoms with Gasteiger partial charge in [0.15, 0.2) is 0 Å². The van der Waals surface area contributed by atoms with Crippen LogP contribution in [0, 0.1) is 20.2 Å². The van der Waals surface area contributed by atoms with Gasteiger partial charge in [0.25, 0.3) is 11.4 Å². The minimum Gasteiger partial charge on any atom is -0.478 e. The van der Waals surface area contributed by atoms with Crippen LogP contribution in [0.15, 0.2) is 215 Å². The lowest BCUT2D eigenvalue weighted by atomic mass is 9.80. The number of non-ortho nitro benzene ring substituents is 2. The zero-order valence-electron chi connectivity index (χ0n) is 53.7. The highest BCUT2D eigenvalue weighted by Gasteiger charge is 2.44. The molecule has 492 valence electrons. The molecule has 4 atom stereocenters. The summed E-state index contributed by atoms with van der Waals surface area (Å²) < 4.78 is 16.1. The van der Waals surface area contributed by atoms with Gasteiger partial charge in [0.05, 0.1) is 63.8 Å². The van der Waals surface area contributed by atoms with Crippen molar-refractivity contribution in [1.82, 2.24) is 20.4 Å². The number of carboxylic acid groups (broad SMARTS) is 1. The van der Waals surface area contributed by atoms with Crippen molar-refractivity contribution < 1.29 is 53.4 Å². The molecule has 4 heterocycles. The molecule has 0 amide bonds. The number of rotatable bonds is 19. The van der Waals surface area contributed by atoms with Gasteiger partial charge in [0.1, 0.15) is 5.60 Å². The van der Waals surface area contributed by atoms with Crippen molar-refractivity contribution in [1.29, 1.82) is 0 Å². The number of aliphatic carboxylic acids is 1. The molecule has 0 aliphatic carbocycles. The standard InChI is InChI=1S/C36H39N3O6.C20H25NO.C16H16N2O6.2H2S/c1-24-31(34(40)44-4)33(28-16-11-17-29(22-28)39(42)43)32(25(2)37-24)35(41)45-36(3)19-21-38(23-36)20-18-30(26-12-7-5-8-13-26)27-14-9-6-10-15-27;1-20(22)13-15-21(16-20)14-12-19(17-8-4-2-5-9-17)18-10-6-3-7-11-18;1-8-12(15(19)20)14(13(9(2)17-8)16(21)24-3)10-5-4-6-11(7-10)18(22)23;;/h5-17,22,30,33,37H,18-21,23H2,1-4H3;2-11,19,22H,12-16H2,1H3;4-7,14,17H,1-3H3,(H,19,20);2*1H2/t33-,36+;20-;14-;;/m001../s1. The zero-order valence-corrected chi connectivity index (χ0v) is 55.7. The van der Waals surface area contributed by atoms with Crippen molar-refractivity contribution >= 4 is 62.2 Å². The number of likely N-dealkylation sites (tertiary alicyclic amines) is 2. The SMILES string of the molecule is COC(=O)C1=C(C)NC(C)=C(C(=O)O)[C@H]1c1cccc([N+](=O)[O-])c1.COC(=O)C1=C(C)NC(C)=C(C(=O)O[C@]2(C)CCN(CCC(c3ccccc3)c3ccccc3)C2)[C@H]1c1cccc([N+](=O)[O-])c1.C[C@]1(O)CCN(CCC(c2ccccc2)c2ccccc2)C1.S.S. The number of β-amino-alcohol motifs (C(OH)–C–C–N with tert-alkyl or cyclic N) is 1. The van der Waals surface area contributed by atoms with Gasteiger partial charge in [0.2, 0.25) is 0 Å². The monoisotopic (exact) mass is 1300 g/mol. The lowest BCUT2D eigenvalue weighted by Gasteiger charge is -2.33. The van der Waals surface area contributed by atoms with E-state index in [1.165, 1.54) is 66.8 Å². The molecule has 2 saturated heterocycles. The van der Waals surface area contributed by atoms with E-state index in [2.05, 4.69) is 130 Å². The number of dihydropyridines is 2. The maximum absolute atomic E-state index is 14.0. The summed E-state index contributed by atoms with van der Waals surface area (Å²) in [5.74, 6) is -4.30. The van der Waals surface area contributed by atoms with E-state index >= 15 is 0 Å². The van der Waals surface area contributed by atoms with E-state index in [1.54, 1.807) is 45.9 Å². The van der Waals surface area contributed by atoms with Crippen molar-refractivity contribution in [2.45, 2.75) is 102 Å². The van der Waals surface area contributed by atoms with Gasteiger partial charge in [-0.05, 0) is 107 Å². The van der Waals surface area contributed by atoms with Gasteiger partial charge >= 0.3 is 23.9 Å². The van der Waals surface area contributed by atoms with Crippen LogP contribution in [0.25, 0.3) is 0 Å². The largest absolute Gasteiger partial charge is 0.478 e. The Bertz CT molecular complexity index is 3670. The number of allylic oxidation sites excluding steroid dienone is 4. The summed E-state index contributed by atoms with van der Waals surface area (Å²) in [5.41, 5.74) is 6.81. The second-order valence-electron chi connectivity index (χ2n) is 24.0. The summed E-state index contributed by atoms with van der Waals surface area (Å²) in [4.78, 5) is 77.2. The van der Waals surface area contributed by atoms with Crippen LogP contribution in [0.4, 0.5) is 11.4 Å². The summed E-state index contributed by atoms with van der Waals surface area (Å²) in [5, 5.41) is 48.3. The number of aliphatic hydroxyl groups is 1. The molecule has 0 aromatic heterocycles. The van der Waals surface area contributed by atoms with E-state index in [-0.39, 0.29) is 66.6 Å². The fourth-order valence-electron chi connectivity index (χ4n) is 12.8. The van der Waals surface area contributed by atoms with Crippen molar-refractivity contribution in [3.63, 3.8) is 0 Å². The number of nitrogens with zero attached hydrogens (tertiary/aromatic N) is 4. The van der Waals surface area contributed by atoms with Crippen molar-refractivity contribution in [3.05, 3.63) is 269 Å². The van der Waals surface area contributed by atoms with Crippen LogP contribution >= 0.6 is 27.0 Å². The average molecular weight is 1310 g/mol. The molecule has 0 spiro atoms. The fraction of sp³-hybridized carbons (Fsp3) is 0.333. The maximum atomic E-state index is 14.0. The Hall–Kier alpha value is -8.86. The minimum absolute atomic E-state index is 0. The summed E-state index contributed by atoms with van der Waals surface area (Å²) in [6.07, 6.45) is 3.53. The predicted molar refractivity (Wildman–Crippen MR) is 367 cm³/mol. The second kappa shape index (κ2) is 33.1. The number of nitro benzene ring substituents is 2. The van der Waals surface area contributed by atoms with Crippen molar-refractivity contribution in [2.75, 3.05) is 53.5 Å². The number of esters is 3. The van der Waals surface area contributed by atoms with Gasteiger partial charge in [-0.25, -0.2) is 19.2 Å². The molecule has 4 N–H and O–H groups in total. The smallest absolute Gasteiger partial charge is 0.337 e. The van der Waals surface area contributed by atoms with Crippen LogP contribution in [-0.2, 0) is 33.4 Å². The number of carbonyl (C=O) groups excluding carboxylic acids is 3. The number of hydrogen-bond acceptors (Lipinski definition) is 16. The van der Waals surface area contributed by atoms with Crippen LogP contribution in [0.5, 0.6) is 0 Å². The first-order chi connectivity index (χ1) is 43.5. The summed E-state index contributed by atoms with van der Waals surface area (Å²) in [6.45, 7) is 15.5. The number of methoxy groups -OCH3 is 2. The van der Waals surface area contributed by atoms with E-state index in [0.717, 1.165) is 52.0 Å². The third-order valence-electron chi connectivity index (χ3n) is 17.3. The van der Waals surface area contributed by atoms with Crippen LogP contribution in [-0.4, -0.2) is 118 Å². The van der Waals surface area contributed by atoms with Gasteiger partial charge in [-0.1, -0.05) is 146 Å². The number of nitro groups is 2. The van der Waals surface area contributed by atoms with Gasteiger partial charge in [0, 0.05) is 91.5 Å². The van der Waals surface area contributed by atoms with E-state index in [0.29, 0.717) is 52.8 Å². The van der Waals surface area contributed by atoms with Gasteiger partial charge < -0.3 is 40.0 Å². The van der Waals surface area contributed by atoms with Gasteiger partial charge in [-0.2, -0.15) is 27.0 Å². The number of benzene rings is 6. The molecule has 6 aromatic carbocycles. The second-order valence-corrected chi connectivity index (χ2v) is 24.0. The molecule has 0 unspecified atom stereocenters. The van der Waals surface area contributed by atoms with E-state index in [1.807, 2.05) is 26.0 Å². The summed E-state index contributed by atoms with van der Waals surface area (Å²) in [6, 6.07) is 54.0. The first kappa shape index (κ1) is 73.2. The molecule has 19 nitrogen and oxygen atoms in total. The Balaban J connectivity index is 0.000000241. The number of carbonyl (C=O) groups is 4. The Morgan fingerprint density at radius 1 is 0.527 bits per heavy atom. The maximum Gasteiger partial charge on any atom is 0.337 e. The van der Waals surface area contributed by atoms with Crippen molar-refractivity contribution in [2.24, 2.45) is 0 Å².